The van der Waals surface area contributed by atoms with Gasteiger partial charge in [-0.2, -0.15) is 0 Å². The lowest BCUT2D eigenvalue weighted by atomic mass is 10.2. The molecule has 0 atom stereocenters. The van der Waals surface area contributed by atoms with Crippen LogP contribution >= 0.6 is 11.6 Å². The van der Waals surface area contributed by atoms with Crippen molar-refractivity contribution in [3.63, 3.8) is 0 Å². The molecule has 3 rings (SSSR count). The summed E-state index contributed by atoms with van der Waals surface area (Å²) in [6, 6.07) is 9.05. The molecule has 0 saturated heterocycles. The molecule has 0 fully saturated rings. The Morgan fingerprint density at radius 2 is 2.27 bits per heavy atom. The van der Waals surface area contributed by atoms with Crippen LogP contribution in [0.15, 0.2) is 42.6 Å². The van der Waals surface area contributed by atoms with Gasteiger partial charge in [0.1, 0.15) is 0 Å². The lowest BCUT2D eigenvalue weighted by molar-refractivity contribution is -0.116. The third-order valence-corrected chi connectivity index (χ3v) is 3.33. The van der Waals surface area contributed by atoms with Gasteiger partial charge in [0.25, 0.3) is 0 Å². The van der Waals surface area contributed by atoms with Crippen LogP contribution in [-0.4, -0.2) is 17.7 Å². The summed E-state index contributed by atoms with van der Waals surface area (Å²) < 4.78 is 10.5. The minimum absolute atomic E-state index is 0.160. The summed E-state index contributed by atoms with van der Waals surface area (Å²) in [5, 5.41) is 3.22. The Balaban J connectivity index is 1.62. The second-order valence-electron chi connectivity index (χ2n) is 4.61. The molecule has 0 radical (unpaired) electrons. The van der Waals surface area contributed by atoms with E-state index in [2.05, 4.69) is 10.3 Å². The zero-order chi connectivity index (χ0) is 15.4. The molecule has 5 nitrogen and oxygen atoms in total. The van der Waals surface area contributed by atoms with Crippen LogP contribution in [0.1, 0.15) is 11.3 Å². The number of halogens is 1. The summed E-state index contributed by atoms with van der Waals surface area (Å²) in [5.41, 5.74) is 1.57. The minimum atomic E-state index is -0.209. The molecule has 6 heteroatoms. The topological polar surface area (TPSA) is 60.5 Å². The van der Waals surface area contributed by atoms with Crippen molar-refractivity contribution >= 4 is 23.6 Å². The highest BCUT2D eigenvalue weighted by molar-refractivity contribution is 6.32. The first kappa shape index (κ1) is 14.4. The van der Waals surface area contributed by atoms with Gasteiger partial charge in [-0.3, -0.25) is 9.78 Å². The molecule has 2 aromatic rings. The molecule has 1 aliphatic heterocycles. The number of pyridine rings is 1. The van der Waals surface area contributed by atoms with Gasteiger partial charge in [0, 0.05) is 12.3 Å². The highest BCUT2D eigenvalue weighted by Gasteiger charge is 2.17. The average Bonchev–Trinajstić information content (AvgIpc) is 3.01. The van der Waals surface area contributed by atoms with E-state index in [-0.39, 0.29) is 12.7 Å². The van der Waals surface area contributed by atoms with Crippen molar-refractivity contribution in [3.8, 4) is 11.5 Å². The fourth-order valence-corrected chi connectivity index (χ4v) is 2.27. The second-order valence-corrected chi connectivity index (χ2v) is 5.02. The Bertz CT molecular complexity index is 717. The Kier molecular flexibility index (Phi) is 4.25. The van der Waals surface area contributed by atoms with Gasteiger partial charge in [0.05, 0.1) is 17.3 Å². The van der Waals surface area contributed by atoms with Gasteiger partial charge >= 0.3 is 0 Å². The van der Waals surface area contributed by atoms with E-state index < -0.39 is 0 Å². The maximum atomic E-state index is 11.8. The molecular formula is C16H13ClN2O3. The second kappa shape index (κ2) is 6.49. The monoisotopic (exact) mass is 316 g/mol. The number of benzene rings is 1. The van der Waals surface area contributed by atoms with Crippen LogP contribution in [0.25, 0.3) is 6.08 Å². The van der Waals surface area contributed by atoms with Crippen LogP contribution in [0.4, 0.5) is 0 Å². The summed E-state index contributed by atoms with van der Waals surface area (Å²) in [6.45, 7) is 0.540. The highest BCUT2D eigenvalue weighted by Crippen LogP contribution is 2.39. The van der Waals surface area contributed by atoms with E-state index in [0.29, 0.717) is 23.1 Å². The van der Waals surface area contributed by atoms with Crippen LogP contribution < -0.4 is 14.8 Å². The van der Waals surface area contributed by atoms with Crippen LogP contribution in [0.3, 0.4) is 0 Å². The number of aromatic nitrogens is 1. The van der Waals surface area contributed by atoms with E-state index >= 15 is 0 Å². The van der Waals surface area contributed by atoms with E-state index in [0.717, 1.165) is 11.3 Å². The SMILES string of the molecule is O=C(/C=C/c1cc(Cl)c2c(c1)OCO2)NCc1ccccn1. The first-order valence-corrected chi connectivity index (χ1v) is 7.05. The summed E-state index contributed by atoms with van der Waals surface area (Å²) >= 11 is 6.08. The van der Waals surface area contributed by atoms with Crippen molar-refractivity contribution in [1.82, 2.24) is 10.3 Å². The highest BCUT2D eigenvalue weighted by atomic mass is 35.5. The first-order valence-electron chi connectivity index (χ1n) is 6.67. The Morgan fingerprint density at radius 3 is 3.09 bits per heavy atom. The number of ether oxygens (including phenoxy) is 2. The summed E-state index contributed by atoms with van der Waals surface area (Å²) in [6.07, 6.45) is 4.80. The molecule has 1 N–H and O–H groups in total. The third kappa shape index (κ3) is 3.38. The van der Waals surface area contributed by atoms with Crippen molar-refractivity contribution in [3.05, 3.63) is 58.9 Å². The van der Waals surface area contributed by atoms with E-state index in [9.17, 15) is 4.79 Å². The van der Waals surface area contributed by atoms with E-state index in [1.807, 2.05) is 18.2 Å². The molecule has 1 aliphatic rings. The standard InChI is InChI=1S/C16H13ClN2O3/c17-13-7-11(8-14-16(13)22-10-21-14)4-5-15(20)19-9-12-3-1-2-6-18-12/h1-8H,9-10H2,(H,19,20)/b5-4+. The number of carbonyl (C=O) groups is 1. The number of fused-ring (bicyclic) bond motifs is 1. The van der Waals surface area contributed by atoms with E-state index in [1.165, 1.54) is 6.08 Å². The smallest absolute Gasteiger partial charge is 0.244 e. The fourth-order valence-electron chi connectivity index (χ4n) is 1.99. The Hall–Kier alpha value is -2.53. The van der Waals surface area contributed by atoms with Crippen LogP contribution in [0, 0.1) is 0 Å². The van der Waals surface area contributed by atoms with E-state index in [1.54, 1.807) is 24.4 Å². The zero-order valence-corrected chi connectivity index (χ0v) is 12.3. The van der Waals surface area contributed by atoms with Crippen molar-refractivity contribution in [2.75, 3.05) is 6.79 Å². The predicted molar refractivity (Wildman–Crippen MR) is 82.7 cm³/mol. The Morgan fingerprint density at radius 1 is 1.36 bits per heavy atom. The largest absolute Gasteiger partial charge is 0.454 e. The minimum Gasteiger partial charge on any atom is -0.454 e. The summed E-state index contributed by atoms with van der Waals surface area (Å²) in [7, 11) is 0. The van der Waals surface area contributed by atoms with Crippen molar-refractivity contribution < 1.29 is 14.3 Å². The first-order chi connectivity index (χ1) is 10.7. The van der Waals surface area contributed by atoms with Crippen molar-refractivity contribution in [1.29, 1.82) is 0 Å². The number of rotatable bonds is 4. The number of nitrogens with one attached hydrogen (secondary N) is 1. The molecule has 22 heavy (non-hydrogen) atoms. The molecule has 0 unspecified atom stereocenters. The van der Waals surface area contributed by atoms with Crippen LogP contribution in [0.5, 0.6) is 11.5 Å². The van der Waals surface area contributed by atoms with Gasteiger partial charge in [0.2, 0.25) is 12.7 Å². The van der Waals surface area contributed by atoms with Gasteiger partial charge in [-0.25, -0.2) is 0 Å². The maximum absolute atomic E-state index is 11.8. The average molecular weight is 317 g/mol. The number of nitrogens with zero attached hydrogens (tertiary/aromatic N) is 1. The lowest BCUT2D eigenvalue weighted by Crippen LogP contribution is -2.20. The van der Waals surface area contributed by atoms with Gasteiger partial charge in [0.15, 0.2) is 11.5 Å². The maximum Gasteiger partial charge on any atom is 0.244 e. The molecule has 2 heterocycles. The van der Waals surface area contributed by atoms with Gasteiger partial charge in [-0.05, 0) is 35.9 Å². The fraction of sp³-hybridized carbons (Fsp3) is 0.125. The molecule has 1 aromatic carbocycles. The third-order valence-electron chi connectivity index (χ3n) is 3.05. The number of carbonyl (C=O) groups excluding carboxylic acids is 1. The normalized spacial score (nSPS) is 12.6. The molecule has 0 spiro atoms. The molecule has 0 aliphatic carbocycles. The van der Waals surface area contributed by atoms with E-state index in [4.69, 9.17) is 21.1 Å². The van der Waals surface area contributed by atoms with Crippen LogP contribution in [-0.2, 0) is 11.3 Å². The number of hydrogen-bond donors (Lipinski definition) is 1. The molecule has 1 aromatic heterocycles. The Labute approximate surface area is 132 Å². The molecule has 1 amide bonds. The quantitative estimate of drug-likeness (QED) is 0.881. The van der Waals surface area contributed by atoms with Gasteiger partial charge in [-0.1, -0.05) is 17.7 Å². The van der Waals surface area contributed by atoms with Gasteiger partial charge < -0.3 is 14.8 Å². The number of hydrogen-bond acceptors (Lipinski definition) is 4. The van der Waals surface area contributed by atoms with Crippen molar-refractivity contribution in [2.45, 2.75) is 6.54 Å². The number of amides is 1. The van der Waals surface area contributed by atoms with Crippen LogP contribution in [0.2, 0.25) is 5.02 Å². The lowest BCUT2D eigenvalue weighted by Gasteiger charge is -2.02. The molecule has 112 valence electrons. The predicted octanol–water partition coefficient (Wildman–Crippen LogP) is 2.79. The summed E-state index contributed by atoms with van der Waals surface area (Å²) in [4.78, 5) is 15.9. The zero-order valence-electron chi connectivity index (χ0n) is 11.6. The summed E-state index contributed by atoms with van der Waals surface area (Å²) in [5.74, 6) is 0.916. The molecule has 0 saturated carbocycles. The van der Waals surface area contributed by atoms with Gasteiger partial charge in [-0.15, -0.1) is 0 Å². The molecule has 0 bridgehead atoms. The molecular weight excluding hydrogens is 304 g/mol. The van der Waals surface area contributed by atoms with Crippen molar-refractivity contribution in [2.24, 2.45) is 0 Å².